The minimum atomic E-state index is 0.127. The molecule has 1 saturated heterocycles. The van der Waals surface area contributed by atoms with Crippen LogP contribution in [0.3, 0.4) is 0 Å². The van der Waals surface area contributed by atoms with Gasteiger partial charge in [-0.15, -0.1) is 0 Å². The zero-order valence-electron chi connectivity index (χ0n) is 16.2. The van der Waals surface area contributed by atoms with E-state index in [1.165, 1.54) is 5.56 Å². The van der Waals surface area contributed by atoms with Gasteiger partial charge in [0.1, 0.15) is 0 Å². The molecule has 1 aliphatic heterocycles. The zero-order chi connectivity index (χ0) is 19.3. The van der Waals surface area contributed by atoms with Crippen molar-refractivity contribution >= 4 is 5.91 Å². The van der Waals surface area contributed by atoms with Crippen LogP contribution in [0.1, 0.15) is 32.9 Å². The summed E-state index contributed by atoms with van der Waals surface area (Å²) in [7, 11) is 0. The number of benzene rings is 2. The molecule has 0 aliphatic carbocycles. The molecule has 0 N–H and O–H groups in total. The number of amides is 1. The quantitative estimate of drug-likeness (QED) is 0.685. The van der Waals surface area contributed by atoms with E-state index in [2.05, 4.69) is 28.3 Å². The van der Waals surface area contributed by atoms with Gasteiger partial charge >= 0.3 is 0 Å². The van der Waals surface area contributed by atoms with Crippen LogP contribution in [-0.4, -0.2) is 47.0 Å². The molecule has 144 valence electrons. The van der Waals surface area contributed by atoms with Crippen molar-refractivity contribution in [2.45, 2.75) is 19.9 Å². The third kappa shape index (κ3) is 4.31. The van der Waals surface area contributed by atoms with Gasteiger partial charge < -0.3 is 9.42 Å². The molecule has 2 aromatic carbocycles. The van der Waals surface area contributed by atoms with Crippen molar-refractivity contribution in [2.24, 2.45) is 0 Å². The molecule has 4 rings (SSSR count). The fourth-order valence-corrected chi connectivity index (χ4v) is 3.69. The molecule has 0 saturated carbocycles. The molecule has 0 atom stereocenters. The molecule has 5 nitrogen and oxygen atoms in total. The van der Waals surface area contributed by atoms with Crippen molar-refractivity contribution in [2.75, 3.05) is 26.2 Å². The number of carbonyl (C=O) groups excluding carboxylic acids is 1. The smallest absolute Gasteiger partial charge is 0.254 e. The molecule has 0 bridgehead atoms. The number of carbonyl (C=O) groups is 1. The van der Waals surface area contributed by atoms with Gasteiger partial charge in [0.2, 0.25) is 0 Å². The van der Waals surface area contributed by atoms with Crippen LogP contribution in [0.5, 0.6) is 0 Å². The van der Waals surface area contributed by atoms with Gasteiger partial charge in [-0.05, 0) is 30.5 Å². The lowest BCUT2D eigenvalue weighted by atomic mass is 9.99. The number of aryl methyl sites for hydroxylation is 1. The molecule has 0 spiro atoms. The molecule has 1 amide bonds. The Labute approximate surface area is 165 Å². The maximum absolute atomic E-state index is 13.2. The van der Waals surface area contributed by atoms with Gasteiger partial charge in [-0.1, -0.05) is 53.7 Å². The van der Waals surface area contributed by atoms with Crippen molar-refractivity contribution in [3.63, 3.8) is 0 Å². The van der Waals surface area contributed by atoms with Gasteiger partial charge in [-0.3, -0.25) is 9.69 Å². The van der Waals surface area contributed by atoms with Gasteiger partial charge in [-0.2, -0.15) is 0 Å². The average Bonchev–Trinajstić information content (AvgIpc) is 3.14. The van der Waals surface area contributed by atoms with E-state index in [-0.39, 0.29) is 5.91 Å². The summed E-state index contributed by atoms with van der Waals surface area (Å²) in [5, 5.41) is 3.94. The summed E-state index contributed by atoms with van der Waals surface area (Å²) in [5.74, 6) is 1.01. The molecular weight excluding hydrogens is 350 g/mol. The topological polar surface area (TPSA) is 49.6 Å². The molecule has 5 heteroatoms. The molecule has 0 radical (unpaired) electrons. The van der Waals surface area contributed by atoms with Crippen LogP contribution >= 0.6 is 0 Å². The SMILES string of the molecule is Cc1cc(CN2CCN(C(=O)c3ccccc3Cc3ccccc3)CC2)on1. The Bertz CT molecular complexity index is 928. The number of hydrogen-bond acceptors (Lipinski definition) is 4. The second kappa shape index (κ2) is 8.40. The Morgan fingerprint density at radius 3 is 2.43 bits per heavy atom. The first-order valence-corrected chi connectivity index (χ1v) is 9.75. The summed E-state index contributed by atoms with van der Waals surface area (Å²) in [4.78, 5) is 17.4. The highest BCUT2D eigenvalue weighted by Crippen LogP contribution is 2.18. The first kappa shape index (κ1) is 18.4. The number of hydrogen-bond donors (Lipinski definition) is 0. The number of rotatable bonds is 5. The van der Waals surface area contributed by atoms with E-state index in [0.717, 1.165) is 61.7 Å². The van der Waals surface area contributed by atoms with E-state index in [1.54, 1.807) is 0 Å². The highest BCUT2D eigenvalue weighted by atomic mass is 16.5. The van der Waals surface area contributed by atoms with Gasteiger partial charge in [0.05, 0.1) is 12.2 Å². The van der Waals surface area contributed by atoms with Gasteiger partial charge in [0.15, 0.2) is 5.76 Å². The molecule has 2 heterocycles. The Balaban J connectivity index is 1.40. The van der Waals surface area contributed by atoms with Gasteiger partial charge in [-0.25, -0.2) is 0 Å². The van der Waals surface area contributed by atoms with Crippen molar-refractivity contribution in [1.29, 1.82) is 0 Å². The predicted octanol–water partition coefficient (Wildman–Crippen LogP) is 3.53. The Hall–Kier alpha value is -2.92. The van der Waals surface area contributed by atoms with Gasteiger partial charge in [0.25, 0.3) is 5.91 Å². The zero-order valence-corrected chi connectivity index (χ0v) is 16.2. The lowest BCUT2D eigenvalue weighted by Crippen LogP contribution is -2.48. The normalized spacial score (nSPS) is 15.0. The number of nitrogens with zero attached hydrogens (tertiary/aromatic N) is 3. The number of aromatic nitrogens is 1. The third-order valence-electron chi connectivity index (χ3n) is 5.20. The van der Waals surface area contributed by atoms with E-state index in [4.69, 9.17) is 4.52 Å². The van der Waals surface area contributed by atoms with Crippen LogP contribution in [0.25, 0.3) is 0 Å². The average molecular weight is 375 g/mol. The minimum absolute atomic E-state index is 0.127. The van der Waals surface area contributed by atoms with Crippen molar-refractivity contribution < 1.29 is 9.32 Å². The van der Waals surface area contributed by atoms with Gasteiger partial charge in [0, 0.05) is 37.8 Å². The minimum Gasteiger partial charge on any atom is -0.360 e. The summed E-state index contributed by atoms with van der Waals surface area (Å²) >= 11 is 0. The molecule has 3 aromatic rings. The van der Waals surface area contributed by atoms with E-state index >= 15 is 0 Å². The predicted molar refractivity (Wildman–Crippen MR) is 108 cm³/mol. The summed E-state index contributed by atoms with van der Waals surface area (Å²) in [6.45, 7) is 5.81. The van der Waals surface area contributed by atoms with E-state index in [9.17, 15) is 4.79 Å². The lowest BCUT2D eigenvalue weighted by Gasteiger charge is -2.34. The molecule has 1 aromatic heterocycles. The Morgan fingerprint density at radius 1 is 1.00 bits per heavy atom. The van der Waals surface area contributed by atoms with E-state index < -0.39 is 0 Å². The lowest BCUT2D eigenvalue weighted by molar-refractivity contribution is 0.0616. The highest BCUT2D eigenvalue weighted by Gasteiger charge is 2.24. The first-order chi connectivity index (χ1) is 13.7. The van der Waals surface area contributed by atoms with Crippen LogP contribution in [0.15, 0.2) is 65.2 Å². The van der Waals surface area contributed by atoms with Crippen LogP contribution in [0.2, 0.25) is 0 Å². The molecule has 28 heavy (non-hydrogen) atoms. The van der Waals surface area contributed by atoms with Crippen LogP contribution in [0, 0.1) is 6.92 Å². The fraction of sp³-hybridized carbons (Fsp3) is 0.304. The third-order valence-corrected chi connectivity index (χ3v) is 5.20. The number of piperazine rings is 1. The largest absolute Gasteiger partial charge is 0.360 e. The molecule has 1 fully saturated rings. The van der Waals surface area contributed by atoms with Crippen molar-refractivity contribution in [1.82, 2.24) is 15.0 Å². The summed E-state index contributed by atoms with van der Waals surface area (Å²) in [6, 6.07) is 20.2. The summed E-state index contributed by atoms with van der Waals surface area (Å²) in [5.41, 5.74) is 4.01. The second-order valence-corrected chi connectivity index (χ2v) is 7.32. The molecular formula is C23H25N3O2. The first-order valence-electron chi connectivity index (χ1n) is 9.75. The Kier molecular flexibility index (Phi) is 5.53. The second-order valence-electron chi connectivity index (χ2n) is 7.32. The van der Waals surface area contributed by atoms with E-state index in [1.807, 2.05) is 54.3 Å². The van der Waals surface area contributed by atoms with Crippen LogP contribution in [0.4, 0.5) is 0 Å². The fourth-order valence-electron chi connectivity index (χ4n) is 3.69. The Morgan fingerprint density at radius 2 is 1.71 bits per heavy atom. The maximum atomic E-state index is 13.2. The van der Waals surface area contributed by atoms with E-state index in [0.29, 0.717) is 0 Å². The standard InChI is InChI=1S/C23H25N3O2/c1-18-15-21(28-24-18)17-25-11-13-26(14-12-25)23(27)22-10-6-5-9-20(22)16-19-7-3-2-4-8-19/h2-10,15H,11-14,16-17H2,1H3. The monoisotopic (exact) mass is 375 g/mol. The maximum Gasteiger partial charge on any atom is 0.254 e. The van der Waals surface area contributed by atoms with Crippen molar-refractivity contribution in [3.8, 4) is 0 Å². The molecule has 0 unspecified atom stereocenters. The van der Waals surface area contributed by atoms with Crippen LogP contribution in [-0.2, 0) is 13.0 Å². The summed E-state index contributed by atoms with van der Waals surface area (Å²) < 4.78 is 5.31. The highest BCUT2D eigenvalue weighted by molar-refractivity contribution is 5.95. The summed E-state index contributed by atoms with van der Waals surface area (Å²) in [6.07, 6.45) is 0.771. The van der Waals surface area contributed by atoms with Crippen LogP contribution < -0.4 is 0 Å². The van der Waals surface area contributed by atoms with Crippen molar-refractivity contribution in [3.05, 3.63) is 88.8 Å². The molecule has 1 aliphatic rings.